The molecule has 0 aromatic heterocycles. The van der Waals surface area contributed by atoms with Gasteiger partial charge in [0.1, 0.15) is 0 Å². The molecule has 0 saturated carbocycles. The lowest BCUT2D eigenvalue weighted by Crippen LogP contribution is -2.24. The topological polar surface area (TPSA) is 26.8 Å². The van der Waals surface area contributed by atoms with Crippen molar-refractivity contribution in [3.05, 3.63) is 108 Å². The maximum Gasteiger partial charge on any atom is 0.274 e. The summed E-state index contributed by atoms with van der Waals surface area (Å²) in [5.74, 6) is 0. The minimum Gasteiger partial charge on any atom is -0.381 e. The molecule has 160 valence electrons. The number of hydrogen-bond acceptors (Lipinski definition) is 2. The van der Waals surface area contributed by atoms with Crippen LogP contribution in [0.3, 0.4) is 0 Å². The largest absolute Gasteiger partial charge is 0.381 e. The Morgan fingerprint density at radius 1 is 0.806 bits per heavy atom. The molecule has 0 aliphatic carbocycles. The molecule has 1 heterocycles. The Bertz CT molecular complexity index is 1020. The van der Waals surface area contributed by atoms with Gasteiger partial charge in [-0.1, -0.05) is 66.7 Å². The van der Waals surface area contributed by atoms with Crippen LogP contribution in [0.4, 0.5) is 11.4 Å². The molecule has 4 rings (SSSR count). The van der Waals surface area contributed by atoms with E-state index in [-0.39, 0.29) is 5.66 Å². The highest BCUT2D eigenvalue weighted by Gasteiger charge is 2.49. The van der Waals surface area contributed by atoms with E-state index in [1.807, 2.05) is 68.7 Å². The quantitative estimate of drug-likeness (QED) is 0.421. The Balaban J connectivity index is 1.93. The van der Waals surface area contributed by atoms with E-state index in [0.717, 1.165) is 22.6 Å². The lowest BCUT2D eigenvalue weighted by Gasteiger charge is -2.37. The molecular formula is C26H30N3OP. The van der Waals surface area contributed by atoms with Crippen molar-refractivity contribution >= 4 is 18.8 Å². The first-order valence-electron chi connectivity index (χ1n) is 10.7. The average molecular weight is 432 g/mol. The molecule has 0 radical (unpaired) electrons. The van der Waals surface area contributed by atoms with Crippen molar-refractivity contribution in [2.75, 3.05) is 36.5 Å². The maximum absolute atomic E-state index is 15.3. The van der Waals surface area contributed by atoms with E-state index in [0.29, 0.717) is 13.1 Å². The van der Waals surface area contributed by atoms with Gasteiger partial charge in [0.15, 0.2) is 0 Å². The first-order valence-corrected chi connectivity index (χ1v) is 12.4. The van der Waals surface area contributed by atoms with E-state index in [4.69, 9.17) is 0 Å². The summed E-state index contributed by atoms with van der Waals surface area (Å²) >= 11 is 0. The van der Waals surface area contributed by atoms with E-state index in [1.54, 1.807) is 0 Å². The third-order valence-electron chi connectivity index (χ3n) is 5.93. The number of nitrogens with zero attached hydrogens (tertiary/aromatic N) is 3. The third-order valence-corrected chi connectivity index (χ3v) is 9.35. The van der Waals surface area contributed by atoms with E-state index in [2.05, 4.69) is 63.6 Å². The number of allylic oxidation sites excluding steroid dienone is 2. The van der Waals surface area contributed by atoms with Crippen LogP contribution in [-0.4, -0.2) is 32.1 Å². The van der Waals surface area contributed by atoms with Gasteiger partial charge in [-0.3, -0.25) is 4.57 Å². The zero-order valence-corrected chi connectivity index (χ0v) is 19.3. The maximum atomic E-state index is 15.3. The van der Waals surface area contributed by atoms with Crippen molar-refractivity contribution in [2.45, 2.75) is 12.6 Å². The van der Waals surface area contributed by atoms with Gasteiger partial charge in [-0.15, -0.1) is 0 Å². The minimum absolute atomic E-state index is 0.265. The van der Waals surface area contributed by atoms with Gasteiger partial charge in [-0.05, 0) is 42.8 Å². The molecule has 1 atom stereocenters. The highest BCUT2D eigenvalue weighted by Crippen LogP contribution is 2.69. The summed E-state index contributed by atoms with van der Waals surface area (Å²) in [5.41, 5.74) is 3.90. The van der Waals surface area contributed by atoms with E-state index < -0.39 is 7.44 Å². The number of para-hydroxylation sites is 2. The zero-order valence-electron chi connectivity index (χ0n) is 18.4. The second-order valence-corrected chi connectivity index (χ2v) is 10.8. The van der Waals surface area contributed by atoms with Crippen LogP contribution in [0.5, 0.6) is 0 Å². The Labute approximate surface area is 185 Å². The molecule has 1 aliphatic heterocycles. The molecule has 31 heavy (non-hydrogen) atoms. The summed E-state index contributed by atoms with van der Waals surface area (Å²) in [6.07, 6.45) is 2.17. The molecule has 0 spiro atoms. The van der Waals surface area contributed by atoms with Gasteiger partial charge in [-0.25, -0.2) is 0 Å². The van der Waals surface area contributed by atoms with Gasteiger partial charge in [0.2, 0.25) is 0 Å². The number of hydrogen-bond donors (Lipinski definition) is 0. The minimum atomic E-state index is -3.10. The predicted octanol–water partition coefficient (Wildman–Crippen LogP) is 6.41. The molecule has 4 nitrogen and oxygen atoms in total. The van der Waals surface area contributed by atoms with Crippen molar-refractivity contribution in [3.63, 3.8) is 0 Å². The van der Waals surface area contributed by atoms with E-state index in [1.165, 1.54) is 0 Å². The highest BCUT2D eigenvalue weighted by molar-refractivity contribution is 7.68. The predicted molar refractivity (Wildman–Crippen MR) is 132 cm³/mol. The van der Waals surface area contributed by atoms with E-state index in [9.17, 15) is 0 Å². The highest BCUT2D eigenvalue weighted by atomic mass is 31.2. The molecule has 1 aliphatic rings. The number of rotatable bonds is 6. The van der Waals surface area contributed by atoms with Crippen LogP contribution in [0.1, 0.15) is 18.1 Å². The van der Waals surface area contributed by atoms with Crippen molar-refractivity contribution in [1.29, 1.82) is 0 Å². The molecule has 0 N–H and O–H groups in total. The summed E-state index contributed by atoms with van der Waals surface area (Å²) in [5, 5.41) is 0. The summed E-state index contributed by atoms with van der Waals surface area (Å²) in [6, 6.07) is 30.6. The number of anilines is 2. The summed E-state index contributed by atoms with van der Waals surface area (Å²) < 4.78 is 19.6. The fraction of sp³-hybridized carbons (Fsp3) is 0.231. The van der Waals surface area contributed by atoms with Crippen LogP contribution in [0.2, 0.25) is 0 Å². The van der Waals surface area contributed by atoms with Crippen LogP contribution in [0, 0.1) is 0 Å². The van der Waals surface area contributed by atoms with Crippen LogP contribution in [0.15, 0.2) is 103 Å². The third kappa shape index (κ3) is 4.13. The van der Waals surface area contributed by atoms with Crippen molar-refractivity contribution in [3.8, 4) is 0 Å². The van der Waals surface area contributed by atoms with Crippen molar-refractivity contribution < 1.29 is 4.57 Å². The van der Waals surface area contributed by atoms with Crippen LogP contribution in [0.25, 0.3) is 0 Å². The van der Waals surface area contributed by atoms with Crippen molar-refractivity contribution in [1.82, 2.24) is 4.90 Å². The molecule has 1 fully saturated rings. The fourth-order valence-electron chi connectivity index (χ4n) is 4.11. The Morgan fingerprint density at radius 2 is 1.23 bits per heavy atom. The summed E-state index contributed by atoms with van der Waals surface area (Å²) in [6.45, 7) is 3.51. The van der Waals surface area contributed by atoms with Gasteiger partial charge in [0.25, 0.3) is 7.44 Å². The molecule has 1 unspecified atom stereocenters. The van der Waals surface area contributed by atoms with Crippen LogP contribution >= 0.6 is 7.44 Å². The van der Waals surface area contributed by atoms with Crippen molar-refractivity contribution in [2.24, 2.45) is 0 Å². The van der Waals surface area contributed by atoms with Gasteiger partial charge in [-0.2, -0.15) is 0 Å². The first-order chi connectivity index (χ1) is 15.0. The van der Waals surface area contributed by atoms with Gasteiger partial charge >= 0.3 is 0 Å². The Hall–Kier alpha value is -2.97. The standard InChI is InChI=1S/C26H30N3OP/c1-22(27(2)3)21-26(23-13-7-4-8-14-23)31(30)28(24-15-9-5-10-16-24)19-20-29(31)25-17-11-6-12-18-25/h4-18,21,26H,19-20H2,1-3H3/b22-21+. The molecule has 0 bridgehead atoms. The second-order valence-electron chi connectivity index (χ2n) is 8.06. The SMILES string of the molecule is C/C(=C\C(c1ccccc1)P1(=O)N(c2ccccc2)CCN1c1ccccc1)N(C)C. The number of benzene rings is 3. The molecule has 5 heteroatoms. The molecule has 3 aromatic carbocycles. The molecule has 3 aromatic rings. The van der Waals surface area contributed by atoms with Gasteiger partial charge < -0.3 is 14.2 Å². The molecule has 0 amide bonds. The Morgan fingerprint density at radius 3 is 1.65 bits per heavy atom. The smallest absolute Gasteiger partial charge is 0.274 e. The monoisotopic (exact) mass is 431 g/mol. The van der Waals surface area contributed by atoms with Gasteiger partial charge in [0.05, 0.1) is 5.66 Å². The lowest BCUT2D eigenvalue weighted by molar-refractivity contribution is 0.509. The van der Waals surface area contributed by atoms with E-state index >= 15 is 4.57 Å². The van der Waals surface area contributed by atoms with Gasteiger partial charge in [0, 0.05) is 44.3 Å². The fourth-order valence-corrected chi connectivity index (χ4v) is 7.62. The molecular weight excluding hydrogens is 401 g/mol. The average Bonchev–Trinajstić information content (AvgIpc) is 3.16. The Kier molecular flexibility index (Phi) is 6.20. The first kappa shape index (κ1) is 21.3. The lowest BCUT2D eigenvalue weighted by atomic mass is 10.1. The summed E-state index contributed by atoms with van der Waals surface area (Å²) in [4.78, 5) is 2.08. The molecule has 1 saturated heterocycles. The second kappa shape index (κ2) is 9.03. The van der Waals surface area contributed by atoms with Crippen LogP contribution < -0.4 is 9.34 Å². The van der Waals surface area contributed by atoms with Crippen LogP contribution in [-0.2, 0) is 4.57 Å². The normalized spacial score (nSPS) is 16.9. The summed E-state index contributed by atoms with van der Waals surface area (Å²) in [7, 11) is 0.964. The zero-order chi connectivity index (χ0) is 21.8.